The normalized spacial score (nSPS) is 12.4. The van der Waals surface area contributed by atoms with Gasteiger partial charge in [-0.25, -0.2) is 0 Å². The van der Waals surface area contributed by atoms with E-state index in [1.54, 1.807) is 0 Å². The van der Waals surface area contributed by atoms with Crippen molar-refractivity contribution < 1.29 is 9.53 Å². The molecule has 0 aliphatic carbocycles. The minimum atomic E-state index is -0.415. The van der Waals surface area contributed by atoms with E-state index in [-0.39, 0.29) is 12.5 Å². The summed E-state index contributed by atoms with van der Waals surface area (Å²) in [6, 6.07) is 0. The summed E-state index contributed by atoms with van der Waals surface area (Å²) in [5.41, 5.74) is -0.415. The lowest BCUT2D eigenvalue weighted by molar-refractivity contribution is -0.152. The van der Waals surface area contributed by atoms with Gasteiger partial charge in [0.2, 0.25) is 0 Å². The van der Waals surface area contributed by atoms with Crippen LogP contribution in [0.3, 0.4) is 0 Å². The Labute approximate surface area is 92.9 Å². The van der Waals surface area contributed by atoms with Gasteiger partial charge in [0.25, 0.3) is 0 Å². The monoisotopic (exact) mass is 213 g/mol. The summed E-state index contributed by atoms with van der Waals surface area (Å²) in [6.45, 7) is 9.94. The van der Waals surface area contributed by atoms with Crippen LogP contribution in [0.25, 0.3) is 0 Å². The molecule has 0 aromatic rings. The molecule has 0 fully saturated rings. The van der Waals surface area contributed by atoms with Crippen LogP contribution in [0.2, 0.25) is 0 Å². The lowest BCUT2D eigenvalue weighted by atomic mass is 10.1. The molecule has 3 nitrogen and oxygen atoms in total. The van der Waals surface area contributed by atoms with E-state index in [1.165, 1.54) is 0 Å². The molecule has 0 saturated heterocycles. The summed E-state index contributed by atoms with van der Waals surface area (Å²) >= 11 is 0. The van der Waals surface area contributed by atoms with Crippen molar-refractivity contribution in [3.8, 4) is 0 Å². The van der Waals surface area contributed by atoms with E-state index in [4.69, 9.17) is 4.74 Å². The topological polar surface area (TPSA) is 38.7 Å². The van der Waals surface area contributed by atoms with Gasteiger partial charge in [-0.15, -0.1) is 0 Å². The summed E-state index contributed by atoms with van der Waals surface area (Å²) < 4.78 is 5.13. The van der Waals surface area contributed by atoms with Crippen LogP contribution in [0, 0.1) is 5.92 Å². The molecule has 15 heavy (non-hydrogen) atoms. The number of nitrogens with zero attached hydrogens (tertiary/aromatic N) is 1. The molecule has 0 heterocycles. The molecular weight excluding hydrogens is 190 g/mol. The standard InChI is InChI=1S/C12H23NO2/c1-6-10(7-2)8-13-9-11(14)15-12(3,4)5/h8,10H,6-7,9H2,1-5H3/b13-8+. The number of hydrogen-bond donors (Lipinski definition) is 0. The molecule has 0 aromatic heterocycles. The lowest BCUT2D eigenvalue weighted by Gasteiger charge is -2.18. The number of aliphatic imine (C=N–C) groups is 1. The summed E-state index contributed by atoms with van der Waals surface area (Å²) in [7, 11) is 0. The number of hydrogen-bond acceptors (Lipinski definition) is 3. The fraction of sp³-hybridized carbons (Fsp3) is 0.833. The fourth-order valence-electron chi connectivity index (χ4n) is 1.15. The predicted octanol–water partition coefficient (Wildman–Crippen LogP) is 2.84. The van der Waals surface area contributed by atoms with E-state index in [1.807, 2.05) is 27.0 Å². The Morgan fingerprint density at radius 2 is 1.87 bits per heavy atom. The van der Waals surface area contributed by atoms with Crippen LogP contribution in [0.15, 0.2) is 4.99 Å². The fourth-order valence-corrected chi connectivity index (χ4v) is 1.15. The maximum absolute atomic E-state index is 11.3. The van der Waals surface area contributed by atoms with E-state index in [0.29, 0.717) is 5.92 Å². The molecule has 3 heteroatoms. The first kappa shape index (κ1) is 14.1. The second-order valence-electron chi connectivity index (χ2n) is 4.65. The highest BCUT2D eigenvalue weighted by Gasteiger charge is 2.15. The Morgan fingerprint density at radius 3 is 2.27 bits per heavy atom. The molecule has 0 aliphatic heterocycles. The first-order valence-electron chi connectivity index (χ1n) is 5.60. The van der Waals surface area contributed by atoms with Crippen LogP contribution >= 0.6 is 0 Å². The molecule has 0 rings (SSSR count). The first-order valence-corrected chi connectivity index (χ1v) is 5.60. The van der Waals surface area contributed by atoms with Gasteiger partial charge in [0.15, 0.2) is 0 Å². The molecule has 0 saturated carbocycles. The van der Waals surface area contributed by atoms with E-state index in [9.17, 15) is 4.79 Å². The molecule has 0 aliphatic rings. The Hall–Kier alpha value is -0.860. The first-order chi connectivity index (χ1) is 6.89. The Morgan fingerprint density at radius 1 is 1.33 bits per heavy atom. The van der Waals surface area contributed by atoms with Gasteiger partial charge in [0.05, 0.1) is 0 Å². The van der Waals surface area contributed by atoms with Gasteiger partial charge < -0.3 is 4.74 Å². The highest BCUT2D eigenvalue weighted by Crippen LogP contribution is 2.07. The summed E-state index contributed by atoms with van der Waals surface area (Å²) in [6.07, 6.45) is 3.99. The number of carbonyl (C=O) groups excluding carboxylic acids is 1. The third kappa shape index (κ3) is 8.16. The SMILES string of the molecule is CCC(/C=N/CC(=O)OC(C)(C)C)CC. The van der Waals surface area contributed by atoms with Crippen molar-refractivity contribution in [2.45, 2.75) is 53.1 Å². The van der Waals surface area contributed by atoms with Crippen molar-refractivity contribution in [3.63, 3.8) is 0 Å². The molecule has 0 N–H and O–H groups in total. The van der Waals surface area contributed by atoms with Crippen molar-refractivity contribution in [1.29, 1.82) is 0 Å². The summed E-state index contributed by atoms with van der Waals surface area (Å²) in [4.78, 5) is 15.4. The van der Waals surface area contributed by atoms with Crippen molar-refractivity contribution in [2.75, 3.05) is 6.54 Å². The Balaban J connectivity index is 3.90. The summed E-state index contributed by atoms with van der Waals surface area (Å²) in [5.74, 6) is 0.220. The van der Waals surface area contributed by atoms with Crippen LogP contribution < -0.4 is 0 Å². The quantitative estimate of drug-likeness (QED) is 0.520. The Kier molecular flexibility index (Phi) is 6.21. The van der Waals surface area contributed by atoms with E-state index >= 15 is 0 Å². The second-order valence-corrected chi connectivity index (χ2v) is 4.65. The number of rotatable bonds is 5. The number of esters is 1. The van der Waals surface area contributed by atoms with E-state index in [2.05, 4.69) is 18.8 Å². The Bertz CT molecular complexity index is 212. The van der Waals surface area contributed by atoms with Crippen molar-refractivity contribution >= 4 is 12.2 Å². The largest absolute Gasteiger partial charge is 0.459 e. The smallest absolute Gasteiger partial charge is 0.328 e. The van der Waals surface area contributed by atoms with Gasteiger partial charge in [-0.3, -0.25) is 9.79 Å². The van der Waals surface area contributed by atoms with Gasteiger partial charge in [0, 0.05) is 6.21 Å². The van der Waals surface area contributed by atoms with Crippen molar-refractivity contribution in [2.24, 2.45) is 10.9 Å². The predicted molar refractivity (Wildman–Crippen MR) is 63.3 cm³/mol. The van der Waals surface area contributed by atoms with E-state index in [0.717, 1.165) is 12.8 Å². The molecular formula is C12H23NO2. The van der Waals surface area contributed by atoms with Crippen LogP contribution in [0.5, 0.6) is 0 Å². The molecule has 0 bridgehead atoms. The van der Waals surface area contributed by atoms with Crippen LogP contribution in [0.4, 0.5) is 0 Å². The minimum Gasteiger partial charge on any atom is -0.459 e. The highest BCUT2D eigenvalue weighted by atomic mass is 16.6. The zero-order valence-electron chi connectivity index (χ0n) is 10.5. The van der Waals surface area contributed by atoms with E-state index < -0.39 is 5.60 Å². The van der Waals surface area contributed by atoms with Gasteiger partial charge in [-0.1, -0.05) is 13.8 Å². The van der Waals surface area contributed by atoms with Crippen LogP contribution in [-0.2, 0) is 9.53 Å². The molecule has 0 spiro atoms. The second kappa shape index (κ2) is 6.59. The average molecular weight is 213 g/mol. The van der Waals surface area contributed by atoms with Gasteiger partial charge in [-0.2, -0.15) is 0 Å². The number of ether oxygens (including phenoxy) is 1. The van der Waals surface area contributed by atoms with Crippen LogP contribution in [-0.4, -0.2) is 24.3 Å². The van der Waals surface area contributed by atoms with Gasteiger partial charge in [-0.05, 0) is 39.5 Å². The number of carbonyl (C=O) groups is 1. The molecule has 88 valence electrons. The third-order valence-electron chi connectivity index (χ3n) is 2.01. The molecule has 0 radical (unpaired) electrons. The third-order valence-corrected chi connectivity index (χ3v) is 2.01. The summed E-state index contributed by atoms with van der Waals surface area (Å²) in [5, 5.41) is 0. The minimum absolute atomic E-state index is 0.133. The van der Waals surface area contributed by atoms with Crippen molar-refractivity contribution in [3.05, 3.63) is 0 Å². The molecule has 0 amide bonds. The maximum atomic E-state index is 11.3. The van der Waals surface area contributed by atoms with Crippen molar-refractivity contribution in [1.82, 2.24) is 0 Å². The zero-order chi connectivity index (χ0) is 11.9. The zero-order valence-corrected chi connectivity index (χ0v) is 10.5. The molecule has 0 unspecified atom stereocenters. The lowest BCUT2D eigenvalue weighted by Crippen LogP contribution is -2.25. The molecule has 0 aromatic carbocycles. The van der Waals surface area contributed by atoms with Gasteiger partial charge >= 0.3 is 5.97 Å². The maximum Gasteiger partial charge on any atom is 0.328 e. The highest BCUT2D eigenvalue weighted by molar-refractivity contribution is 5.74. The van der Waals surface area contributed by atoms with Crippen LogP contribution in [0.1, 0.15) is 47.5 Å². The van der Waals surface area contributed by atoms with Gasteiger partial charge in [0.1, 0.15) is 12.1 Å². The average Bonchev–Trinajstić information content (AvgIpc) is 2.09. The molecule has 0 atom stereocenters.